The molecular weight excluding hydrogens is 254 g/mol. The van der Waals surface area contributed by atoms with Crippen LogP contribution in [0.5, 0.6) is 0 Å². The average molecular weight is 267 g/mol. The Morgan fingerprint density at radius 3 is 2.45 bits per heavy atom. The molecule has 0 unspecified atom stereocenters. The van der Waals surface area contributed by atoms with Gasteiger partial charge in [-0.25, -0.2) is 4.79 Å². The first-order valence-corrected chi connectivity index (χ1v) is 6.21. The summed E-state index contributed by atoms with van der Waals surface area (Å²) in [5, 5.41) is 17.3. The third-order valence-corrected chi connectivity index (χ3v) is 3.13. The molecule has 0 amide bonds. The zero-order valence-corrected chi connectivity index (χ0v) is 11.2. The number of aromatic nitrogens is 3. The molecule has 0 saturated heterocycles. The summed E-state index contributed by atoms with van der Waals surface area (Å²) in [5.74, 6) is -0.318. The van der Waals surface area contributed by atoms with Crippen molar-refractivity contribution < 1.29 is 9.90 Å². The van der Waals surface area contributed by atoms with Gasteiger partial charge in [0.05, 0.1) is 5.56 Å². The molecule has 20 heavy (non-hydrogen) atoms. The van der Waals surface area contributed by atoms with Gasteiger partial charge in [-0.1, -0.05) is 17.2 Å². The van der Waals surface area contributed by atoms with Crippen LogP contribution in [0.2, 0.25) is 0 Å². The molecule has 3 rings (SSSR count). The summed E-state index contributed by atoms with van der Waals surface area (Å²) in [4.78, 5) is 11.1. The SMILES string of the molecule is Cc1cc(C)cc(-c2nnc3ccc(C(=O)O)cn23)c1. The fraction of sp³-hybridized carbons (Fsp3) is 0.133. The minimum atomic E-state index is -0.966. The average Bonchev–Trinajstić information content (AvgIpc) is 2.80. The molecule has 1 aromatic carbocycles. The van der Waals surface area contributed by atoms with Gasteiger partial charge in [-0.15, -0.1) is 10.2 Å². The number of fused-ring (bicyclic) bond motifs is 1. The van der Waals surface area contributed by atoms with Gasteiger partial charge in [0, 0.05) is 11.8 Å². The standard InChI is InChI=1S/C15H13N3O2/c1-9-5-10(2)7-12(6-9)14-17-16-13-4-3-11(15(19)20)8-18(13)14/h3-8H,1-2H3,(H,19,20). The molecule has 0 aliphatic carbocycles. The molecule has 0 aliphatic heterocycles. The minimum Gasteiger partial charge on any atom is -0.478 e. The summed E-state index contributed by atoms with van der Waals surface area (Å²) in [6, 6.07) is 9.28. The van der Waals surface area contributed by atoms with Gasteiger partial charge < -0.3 is 5.11 Å². The number of carbonyl (C=O) groups is 1. The molecule has 100 valence electrons. The molecule has 2 aromatic heterocycles. The van der Waals surface area contributed by atoms with Crippen LogP contribution >= 0.6 is 0 Å². The van der Waals surface area contributed by atoms with Crippen molar-refractivity contribution in [2.24, 2.45) is 0 Å². The van der Waals surface area contributed by atoms with E-state index in [2.05, 4.69) is 16.3 Å². The zero-order chi connectivity index (χ0) is 14.3. The second-order valence-corrected chi connectivity index (χ2v) is 4.85. The molecule has 0 bridgehead atoms. The predicted octanol–water partition coefficient (Wildman–Crippen LogP) is 2.71. The topological polar surface area (TPSA) is 67.5 Å². The van der Waals surface area contributed by atoms with Crippen molar-refractivity contribution >= 4 is 11.6 Å². The van der Waals surface area contributed by atoms with E-state index in [0.29, 0.717) is 11.5 Å². The van der Waals surface area contributed by atoms with Gasteiger partial charge >= 0.3 is 5.97 Å². The van der Waals surface area contributed by atoms with Crippen LogP contribution in [0.4, 0.5) is 0 Å². The van der Waals surface area contributed by atoms with Crippen molar-refractivity contribution in [2.75, 3.05) is 0 Å². The minimum absolute atomic E-state index is 0.211. The molecular formula is C15H13N3O2. The van der Waals surface area contributed by atoms with E-state index in [0.717, 1.165) is 16.7 Å². The van der Waals surface area contributed by atoms with Gasteiger partial charge in [-0.05, 0) is 38.1 Å². The number of aryl methyl sites for hydroxylation is 2. The first-order valence-electron chi connectivity index (χ1n) is 6.21. The fourth-order valence-corrected chi connectivity index (χ4v) is 2.32. The number of rotatable bonds is 2. The Labute approximate surface area is 115 Å². The van der Waals surface area contributed by atoms with Crippen LogP contribution in [0.3, 0.4) is 0 Å². The smallest absolute Gasteiger partial charge is 0.337 e. The number of hydrogen-bond donors (Lipinski definition) is 1. The Kier molecular flexibility index (Phi) is 2.75. The Morgan fingerprint density at radius 2 is 1.80 bits per heavy atom. The summed E-state index contributed by atoms with van der Waals surface area (Å²) < 4.78 is 1.71. The van der Waals surface area contributed by atoms with Crippen molar-refractivity contribution in [2.45, 2.75) is 13.8 Å². The van der Waals surface area contributed by atoms with Crippen LogP contribution in [0.25, 0.3) is 17.0 Å². The molecule has 1 N–H and O–H groups in total. The third-order valence-electron chi connectivity index (χ3n) is 3.13. The maximum Gasteiger partial charge on any atom is 0.337 e. The van der Waals surface area contributed by atoms with Gasteiger partial charge in [0.15, 0.2) is 11.5 Å². The number of carboxylic acid groups (broad SMARTS) is 1. The number of nitrogens with zero attached hydrogens (tertiary/aromatic N) is 3. The summed E-state index contributed by atoms with van der Waals surface area (Å²) in [7, 11) is 0. The van der Waals surface area contributed by atoms with E-state index in [1.807, 2.05) is 26.0 Å². The number of benzene rings is 1. The molecule has 0 radical (unpaired) electrons. The van der Waals surface area contributed by atoms with Crippen LogP contribution in [-0.2, 0) is 0 Å². The molecule has 0 saturated carbocycles. The number of pyridine rings is 1. The van der Waals surface area contributed by atoms with Crippen molar-refractivity contribution in [3.63, 3.8) is 0 Å². The molecule has 0 atom stereocenters. The highest BCUT2D eigenvalue weighted by Crippen LogP contribution is 2.21. The van der Waals surface area contributed by atoms with Gasteiger partial charge in [0.25, 0.3) is 0 Å². The Hall–Kier alpha value is -2.69. The van der Waals surface area contributed by atoms with Crippen molar-refractivity contribution in [1.29, 1.82) is 0 Å². The van der Waals surface area contributed by atoms with Crippen LogP contribution in [0, 0.1) is 13.8 Å². The van der Waals surface area contributed by atoms with Crippen LogP contribution in [0.1, 0.15) is 21.5 Å². The fourth-order valence-electron chi connectivity index (χ4n) is 2.32. The lowest BCUT2D eigenvalue weighted by atomic mass is 10.1. The van der Waals surface area contributed by atoms with E-state index < -0.39 is 5.97 Å². The van der Waals surface area contributed by atoms with E-state index >= 15 is 0 Å². The second-order valence-electron chi connectivity index (χ2n) is 4.85. The highest BCUT2D eigenvalue weighted by atomic mass is 16.4. The van der Waals surface area contributed by atoms with E-state index in [1.54, 1.807) is 16.7 Å². The van der Waals surface area contributed by atoms with Gasteiger partial charge in [0.1, 0.15) is 0 Å². The molecule has 2 heterocycles. The number of carboxylic acids is 1. The summed E-state index contributed by atoms with van der Waals surface area (Å²) in [6.07, 6.45) is 1.55. The lowest BCUT2D eigenvalue weighted by Gasteiger charge is -2.04. The molecule has 0 aliphatic rings. The quantitative estimate of drug-likeness (QED) is 0.775. The van der Waals surface area contributed by atoms with Gasteiger partial charge in [-0.2, -0.15) is 0 Å². The van der Waals surface area contributed by atoms with E-state index in [4.69, 9.17) is 5.11 Å². The van der Waals surface area contributed by atoms with Crippen molar-refractivity contribution in [3.8, 4) is 11.4 Å². The highest BCUT2D eigenvalue weighted by molar-refractivity contribution is 5.87. The molecule has 5 heteroatoms. The van der Waals surface area contributed by atoms with Gasteiger partial charge in [0.2, 0.25) is 0 Å². The Bertz CT molecular complexity index is 801. The first-order chi connectivity index (χ1) is 9.54. The number of hydrogen-bond acceptors (Lipinski definition) is 3. The van der Waals surface area contributed by atoms with Crippen LogP contribution < -0.4 is 0 Å². The monoisotopic (exact) mass is 267 g/mol. The zero-order valence-electron chi connectivity index (χ0n) is 11.2. The highest BCUT2D eigenvalue weighted by Gasteiger charge is 2.11. The molecule has 0 spiro atoms. The Balaban J connectivity index is 2.25. The second kappa shape index (κ2) is 4.45. The summed E-state index contributed by atoms with van der Waals surface area (Å²) in [6.45, 7) is 4.03. The van der Waals surface area contributed by atoms with Crippen molar-refractivity contribution in [1.82, 2.24) is 14.6 Å². The maximum atomic E-state index is 11.1. The molecule has 5 nitrogen and oxygen atoms in total. The lowest BCUT2D eigenvalue weighted by Crippen LogP contribution is -1.99. The van der Waals surface area contributed by atoms with Crippen LogP contribution in [0.15, 0.2) is 36.5 Å². The summed E-state index contributed by atoms with van der Waals surface area (Å²) in [5.41, 5.74) is 4.03. The number of aromatic carboxylic acids is 1. The van der Waals surface area contributed by atoms with Crippen LogP contribution in [-0.4, -0.2) is 25.7 Å². The van der Waals surface area contributed by atoms with E-state index in [9.17, 15) is 4.79 Å². The summed E-state index contributed by atoms with van der Waals surface area (Å²) >= 11 is 0. The van der Waals surface area contributed by atoms with Crippen molar-refractivity contribution in [3.05, 3.63) is 53.2 Å². The third kappa shape index (κ3) is 2.03. The normalized spacial score (nSPS) is 10.9. The predicted molar refractivity (Wildman–Crippen MR) is 74.9 cm³/mol. The van der Waals surface area contributed by atoms with E-state index in [-0.39, 0.29) is 5.56 Å². The van der Waals surface area contributed by atoms with E-state index in [1.165, 1.54) is 6.07 Å². The molecule has 3 aromatic rings. The first kappa shape index (κ1) is 12.3. The van der Waals surface area contributed by atoms with Gasteiger partial charge in [-0.3, -0.25) is 4.40 Å². The Morgan fingerprint density at radius 1 is 1.10 bits per heavy atom. The molecule has 0 fully saturated rings. The largest absolute Gasteiger partial charge is 0.478 e. The lowest BCUT2D eigenvalue weighted by molar-refractivity contribution is 0.0696. The maximum absolute atomic E-state index is 11.1.